The predicted molar refractivity (Wildman–Crippen MR) is 119 cm³/mol. The second-order valence-corrected chi connectivity index (χ2v) is 8.31. The van der Waals surface area contributed by atoms with Gasteiger partial charge in [0.1, 0.15) is 11.8 Å². The second-order valence-electron chi connectivity index (χ2n) is 7.50. The van der Waals surface area contributed by atoms with Crippen molar-refractivity contribution in [2.24, 2.45) is 0 Å². The fourth-order valence-electron chi connectivity index (χ4n) is 3.57. The van der Waals surface area contributed by atoms with Crippen LogP contribution in [0.15, 0.2) is 48.5 Å². The molecule has 0 heterocycles. The zero-order valence-corrected chi connectivity index (χ0v) is 18.5. The van der Waals surface area contributed by atoms with Crippen molar-refractivity contribution < 1.29 is 14.3 Å². The summed E-state index contributed by atoms with van der Waals surface area (Å²) in [5.41, 5.74) is 0.769. The van der Waals surface area contributed by atoms with Gasteiger partial charge in [0.05, 0.1) is 5.02 Å². The van der Waals surface area contributed by atoms with Crippen molar-refractivity contribution in [2.75, 3.05) is 6.61 Å². The highest BCUT2D eigenvalue weighted by Gasteiger charge is 2.29. The van der Waals surface area contributed by atoms with E-state index in [9.17, 15) is 9.59 Å². The maximum atomic E-state index is 13.1. The molecule has 1 atom stereocenters. The van der Waals surface area contributed by atoms with Crippen molar-refractivity contribution in [3.8, 4) is 5.75 Å². The number of benzene rings is 2. The average Bonchev–Trinajstić information content (AvgIpc) is 3.25. The van der Waals surface area contributed by atoms with E-state index in [1.165, 1.54) is 4.90 Å². The lowest BCUT2D eigenvalue weighted by molar-refractivity contribution is -0.142. The molecule has 160 valence electrons. The third-order valence-corrected chi connectivity index (χ3v) is 6.04. The van der Waals surface area contributed by atoms with Gasteiger partial charge in [-0.25, -0.2) is 0 Å². The lowest BCUT2D eigenvalue weighted by atomic mass is 10.1. The molecule has 2 aromatic carbocycles. The molecule has 1 N–H and O–H groups in total. The smallest absolute Gasteiger partial charge is 0.261 e. The molecular weight excluding hydrogens is 423 g/mol. The number of para-hydroxylation sites is 1. The van der Waals surface area contributed by atoms with Gasteiger partial charge in [-0.2, -0.15) is 0 Å². The highest BCUT2D eigenvalue weighted by atomic mass is 35.5. The van der Waals surface area contributed by atoms with E-state index in [1.54, 1.807) is 37.3 Å². The van der Waals surface area contributed by atoms with Crippen LogP contribution in [0.4, 0.5) is 0 Å². The minimum atomic E-state index is -0.663. The molecule has 0 unspecified atom stereocenters. The molecular formula is C23H26Cl2N2O3. The Balaban J connectivity index is 1.73. The minimum Gasteiger partial charge on any atom is -0.482 e. The van der Waals surface area contributed by atoms with Gasteiger partial charge >= 0.3 is 0 Å². The van der Waals surface area contributed by atoms with Crippen LogP contribution in [0.3, 0.4) is 0 Å². The van der Waals surface area contributed by atoms with E-state index in [-0.39, 0.29) is 31.0 Å². The zero-order valence-electron chi connectivity index (χ0n) is 16.9. The Morgan fingerprint density at radius 3 is 2.37 bits per heavy atom. The Hall–Kier alpha value is -2.24. The first-order valence-corrected chi connectivity index (χ1v) is 10.9. The van der Waals surface area contributed by atoms with E-state index in [0.717, 1.165) is 31.2 Å². The second kappa shape index (κ2) is 10.7. The highest BCUT2D eigenvalue weighted by Crippen LogP contribution is 2.24. The van der Waals surface area contributed by atoms with Gasteiger partial charge in [-0.15, -0.1) is 0 Å². The molecule has 0 spiro atoms. The van der Waals surface area contributed by atoms with Gasteiger partial charge in [0.25, 0.3) is 5.91 Å². The molecule has 1 aliphatic carbocycles. The minimum absolute atomic E-state index is 0.167. The third kappa shape index (κ3) is 5.89. The molecule has 1 fully saturated rings. The summed E-state index contributed by atoms with van der Waals surface area (Å²) in [6, 6.07) is 13.8. The van der Waals surface area contributed by atoms with E-state index in [0.29, 0.717) is 15.8 Å². The van der Waals surface area contributed by atoms with Crippen LogP contribution >= 0.6 is 23.2 Å². The van der Waals surface area contributed by atoms with Gasteiger partial charge in [-0.3, -0.25) is 9.59 Å². The summed E-state index contributed by atoms with van der Waals surface area (Å²) in [4.78, 5) is 27.4. The van der Waals surface area contributed by atoms with Crippen LogP contribution in [0.2, 0.25) is 10.0 Å². The Labute approximate surface area is 187 Å². The van der Waals surface area contributed by atoms with Gasteiger partial charge in [0.15, 0.2) is 6.61 Å². The number of hydrogen-bond acceptors (Lipinski definition) is 3. The summed E-state index contributed by atoms with van der Waals surface area (Å²) >= 11 is 12.4. The first-order chi connectivity index (χ1) is 14.5. The summed E-state index contributed by atoms with van der Waals surface area (Å²) in [5, 5.41) is 4.04. The van der Waals surface area contributed by atoms with Crippen molar-refractivity contribution in [1.29, 1.82) is 0 Å². The highest BCUT2D eigenvalue weighted by molar-refractivity contribution is 6.32. The van der Waals surface area contributed by atoms with Crippen LogP contribution in [-0.2, 0) is 16.1 Å². The summed E-state index contributed by atoms with van der Waals surface area (Å²) in [6.07, 6.45) is 4.19. The zero-order chi connectivity index (χ0) is 21.5. The quantitative estimate of drug-likeness (QED) is 0.627. The normalized spacial score (nSPS) is 14.9. The maximum Gasteiger partial charge on any atom is 0.261 e. The van der Waals surface area contributed by atoms with Gasteiger partial charge in [0, 0.05) is 17.6 Å². The van der Waals surface area contributed by atoms with Crippen molar-refractivity contribution >= 4 is 35.0 Å². The molecule has 0 aliphatic heterocycles. The molecule has 7 heteroatoms. The van der Waals surface area contributed by atoms with Crippen LogP contribution in [0, 0.1) is 0 Å². The molecule has 0 aromatic heterocycles. The lowest BCUT2D eigenvalue weighted by Gasteiger charge is -2.30. The Bertz CT molecular complexity index is 884. The Morgan fingerprint density at radius 1 is 1.07 bits per heavy atom. The molecule has 2 aromatic rings. The van der Waals surface area contributed by atoms with Gasteiger partial charge in [-0.1, -0.05) is 66.4 Å². The lowest BCUT2D eigenvalue weighted by Crippen LogP contribution is -2.50. The monoisotopic (exact) mass is 448 g/mol. The topological polar surface area (TPSA) is 58.6 Å². The fraction of sp³-hybridized carbons (Fsp3) is 0.391. The molecule has 1 aliphatic rings. The van der Waals surface area contributed by atoms with Crippen molar-refractivity contribution in [3.05, 3.63) is 64.1 Å². The number of nitrogens with one attached hydrogen (secondary N) is 1. The number of nitrogens with zero attached hydrogens (tertiary/aromatic N) is 1. The van der Waals surface area contributed by atoms with E-state index in [4.69, 9.17) is 27.9 Å². The summed E-state index contributed by atoms with van der Waals surface area (Å²) in [6.45, 7) is 1.72. The first kappa shape index (κ1) is 22.4. The first-order valence-electron chi connectivity index (χ1n) is 10.2. The van der Waals surface area contributed by atoms with E-state index in [1.807, 2.05) is 18.2 Å². The van der Waals surface area contributed by atoms with Gasteiger partial charge in [0.2, 0.25) is 5.91 Å². The van der Waals surface area contributed by atoms with E-state index >= 15 is 0 Å². The maximum absolute atomic E-state index is 13.1. The van der Waals surface area contributed by atoms with Crippen LogP contribution in [0.5, 0.6) is 5.75 Å². The number of halogens is 2. The molecule has 0 saturated heterocycles. The molecule has 5 nitrogen and oxygen atoms in total. The third-order valence-electron chi connectivity index (χ3n) is 5.36. The van der Waals surface area contributed by atoms with Crippen LogP contribution in [0.1, 0.15) is 38.2 Å². The number of hydrogen-bond donors (Lipinski definition) is 1. The summed E-state index contributed by atoms with van der Waals surface area (Å²) in [5.74, 6) is -0.0581. The van der Waals surface area contributed by atoms with Gasteiger partial charge < -0.3 is 15.0 Å². The molecule has 0 bridgehead atoms. The molecule has 0 radical (unpaired) electrons. The van der Waals surface area contributed by atoms with Gasteiger partial charge in [-0.05, 0) is 43.5 Å². The van der Waals surface area contributed by atoms with Crippen LogP contribution in [0.25, 0.3) is 0 Å². The standard InChI is InChI=1S/C23H26Cl2N2O3/c1-16(23(29)26-18-9-3-4-10-18)27(14-17-8-2-5-11-19(17)24)22(28)15-30-21-13-7-6-12-20(21)25/h2,5-8,11-13,16,18H,3-4,9-10,14-15H2,1H3,(H,26,29)/t16-/m1/s1. The summed E-state index contributed by atoms with van der Waals surface area (Å²) in [7, 11) is 0. The largest absolute Gasteiger partial charge is 0.482 e. The van der Waals surface area contributed by atoms with E-state index < -0.39 is 6.04 Å². The van der Waals surface area contributed by atoms with E-state index in [2.05, 4.69) is 5.32 Å². The summed E-state index contributed by atoms with van der Waals surface area (Å²) < 4.78 is 5.62. The molecule has 2 amide bonds. The van der Waals surface area contributed by atoms with Crippen molar-refractivity contribution in [3.63, 3.8) is 0 Å². The van der Waals surface area contributed by atoms with Crippen LogP contribution < -0.4 is 10.1 Å². The molecule has 3 rings (SSSR count). The Morgan fingerprint density at radius 2 is 1.70 bits per heavy atom. The SMILES string of the molecule is C[C@H](C(=O)NC1CCCC1)N(Cc1ccccc1Cl)C(=O)COc1ccccc1Cl. The fourth-order valence-corrected chi connectivity index (χ4v) is 3.95. The Kier molecular flexibility index (Phi) is 8.00. The number of rotatable bonds is 8. The number of amides is 2. The predicted octanol–water partition coefficient (Wildman–Crippen LogP) is 4.85. The number of carbonyl (C=O) groups is 2. The van der Waals surface area contributed by atoms with Crippen LogP contribution in [-0.4, -0.2) is 35.4 Å². The number of ether oxygens (including phenoxy) is 1. The van der Waals surface area contributed by atoms with Crippen molar-refractivity contribution in [1.82, 2.24) is 10.2 Å². The van der Waals surface area contributed by atoms with Crippen molar-refractivity contribution in [2.45, 2.75) is 51.2 Å². The number of carbonyl (C=O) groups excluding carboxylic acids is 2. The molecule has 1 saturated carbocycles. The molecule has 30 heavy (non-hydrogen) atoms. The average molecular weight is 449 g/mol.